The van der Waals surface area contributed by atoms with Crippen LogP contribution in [0.4, 0.5) is 14.9 Å². The molecule has 3 N–H and O–H groups in total. The van der Waals surface area contributed by atoms with Gasteiger partial charge in [0.2, 0.25) is 11.8 Å². The molecule has 2 aromatic carbocycles. The van der Waals surface area contributed by atoms with Crippen LogP contribution in [0.25, 0.3) is 0 Å². The van der Waals surface area contributed by atoms with Crippen LogP contribution in [0.15, 0.2) is 48.5 Å². The average molecular weight is 550 g/mol. The second-order valence-electron chi connectivity index (χ2n) is 11.7. The monoisotopic (exact) mass is 549 g/mol. The Morgan fingerprint density at radius 1 is 1.10 bits per heavy atom. The Hall–Kier alpha value is -3.46. The van der Waals surface area contributed by atoms with Crippen LogP contribution in [0.1, 0.15) is 57.1 Å². The molecule has 3 heterocycles. The van der Waals surface area contributed by atoms with Gasteiger partial charge in [0.05, 0.1) is 5.41 Å². The van der Waals surface area contributed by atoms with Crippen LogP contribution in [0.3, 0.4) is 0 Å². The summed E-state index contributed by atoms with van der Waals surface area (Å²) < 4.78 is 14.0. The molecule has 2 aromatic rings. The fourth-order valence-corrected chi connectivity index (χ4v) is 6.24. The third-order valence-electron chi connectivity index (χ3n) is 8.63. The number of carbonyl (C=O) groups is 3. The number of hydrogen-bond acceptors (Lipinski definition) is 4. The Morgan fingerprint density at radius 2 is 1.85 bits per heavy atom. The number of benzene rings is 2. The van der Waals surface area contributed by atoms with E-state index in [1.54, 1.807) is 6.07 Å². The van der Waals surface area contributed by atoms with E-state index in [1.165, 1.54) is 12.1 Å². The average Bonchev–Trinajstić information content (AvgIpc) is 3.55. The maximum Gasteiger partial charge on any atom is 0.315 e. The molecule has 0 aliphatic carbocycles. The van der Waals surface area contributed by atoms with Gasteiger partial charge in [0.25, 0.3) is 0 Å². The first kappa shape index (κ1) is 28.1. The maximum absolute atomic E-state index is 14.0. The molecule has 4 amide bonds. The van der Waals surface area contributed by atoms with Crippen LogP contribution >= 0.6 is 0 Å². The summed E-state index contributed by atoms with van der Waals surface area (Å²) in [4.78, 5) is 43.5. The summed E-state index contributed by atoms with van der Waals surface area (Å²) >= 11 is 0. The molecule has 0 saturated carbocycles. The van der Waals surface area contributed by atoms with Crippen LogP contribution in [0.5, 0.6) is 0 Å². The fourth-order valence-electron chi connectivity index (χ4n) is 6.24. The lowest BCUT2D eigenvalue weighted by Gasteiger charge is -2.38. The van der Waals surface area contributed by atoms with Gasteiger partial charge in [-0.1, -0.05) is 30.3 Å². The summed E-state index contributed by atoms with van der Waals surface area (Å²) in [5.74, 6) is -0.479. The van der Waals surface area contributed by atoms with E-state index in [0.29, 0.717) is 50.9 Å². The van der Waals surface area contributed by atoms with Gasteiger partial charge in [0, 0.05) is 37.4 Å². The molecule has 214 valence electrons. The second kappa shape index (κ2) is 12.0. The number of amides is 4. The van der Waals surface area contributed by atoms with Gasteiger partial charge in [0.15, 0.2) is 0 Å². The number of hydrogen-bond donors (Lipinski definition) is 3. The summed E-state index contributed by atoms with van der Waals surface area (Å²) in [5.41, 5.74) is 1.79. The van der Waals surface area contributed by atoms with Gasteiger partial charge in [-0.2, -0.15) is 0 Å². The summed E-state index contributed by atoms with van der Waals surface area (Å²) in [6, 6.07) is 13.7. The van der Waals surface area contributed by atoms with Crippen LogP contribution in [-0.2, 0) is 21.4 Å². The Kier molecular flexibility index (Phi) is 8.40. The minimum Gasteiger partial charge on any atom is -0.341 e. The smallest absolute Gasteiger partial charge is 0.315 e. The summed E-state index contributed by atoms with van der Waals surface area (Å²) in [5, 5.41) is 9.24. The molecule has 2 saturated heterocycles. The van der Waals surface area contributed by atoms with Crippen molar-refractivity contribution < 1.29 is 18.8 Å². The van der Waals surface area contributed by atoms with Crippen molar-refractivity contribution >= 4 is 23.5 Å². The number of carbonyl (C=O) groups excluding carboxylic acids is 3. The number of likely N-dealkylation sites (tertiary alicyclic amines) is 1. The molecular weight excluding hydrogens is 509 g/mol. The van der Waals surface area contributed by atoms with Crippen LogP contribution in [-0.4, -0.2) is 67.0 Å². The van der Waals surface area contributed by atoms with Crippen molar-refractivity contribution in [2.45, 2.75) is 75.9 Å². The van der Waals surface area contributed by atoms with Crippen LogP contribution in [0.2, 0.25) is 0 Å². The largest absolute Gasteiger partial charge is 0.341 e. The van der Waals surface area contributed by atoms with Gasteiger partial charge >= 0.3 is 6.03 Å². The molecular formula is C31H40FN5O3. The molecule has 0 aromatic heterocycles. The van der Waals surface area contributed by atoms with Crippen LogP contribution < -0.4 is 20.9 Å². The van der Waals surface area contributed by atoms with Crippen molar-refractivity contribution in [3.05, 3.63) is 65.5 Å². The Morgan fingerprint density at radius 3 is 2.55 bits per heavy atom. The number of nitrogens with one attached hydrogen (secondary N) is 3. The van der Waals surface area contributed by atoms with Crippen molar-refractivity contribution in [3.8, 4) is 0 Å². The first-order valence-electron chi connectivity index (χ1n) is 14.5. The van der Waals surface area contributed by atoms with Crippen molar-refractivity contribution in [1.82, 2.24) is 20.9 Å². The molecule has 40 heavy (non-hydrogen) atoms. The number of anilines is 1. The van der Waals surface area contributed by atoms with Gasteiger partial charge in [-0.05, 0) is 88.2 Å². The third-order valence-corrected chi connectivity index (χ3v) is 8.63. The summed E-state index contributed by atoms with van der Waals surface area (Å²) in [6.45, 7) is 6.14. The molecule has 0 spiro atoms. The highest BCUT2D eigenvalue weighted by Gasteiger charge is 2.47. The number of urea groups is 1. The van der Waals surface area contributed by atoms with Gasteiger partial charge in [-0.15, -0.1) is 0 Å². The molecule has 8 nitrogen and oxygen atoms in total. The van der Waals surface area contributed by atoms with E-state index in [9.17, 15) is 18.8 Å². The van der Waals surface area contributed by atoms with E-state index in [1.807, 2.05) is 54.0 Å². The van der Waals surface area contributed by atoms with E-state index in [4.69, 9.17) is 0 Å². The third kappa shape index (κ3) is 5.99. The first-order valence-corrected chi connectivity index (χ1v) is 14.5. The molecule has 0 bridgehead atoms. The summed E-state index contributed by atoms with van der Waals surface area (Å²) in [6.07, 6.45) is 4.54. The molecule has 5 rings (SSSR count). The number of nitrogens with zero attached hydrogens (tertiary/aromatic N) is 2. The van der Waals surface area contributed by atoms with E-state index >= 15 is 0 Å². The zero-order chi connectivity index (χ0) is 28.3. The highest BCUT2D eigenvalue weighted by molar-refractivity contribution is 6.08. The van der Waals surface area contributed by atoms with E-state index < -0.39 is 11.5 Å². The zero-order valence-corrected chi connectivity index (χ0v) is 23.4. The highest BCUT2D eigenvalue weighted by Crippen LogP contribution is 2.44. The van der Waals surface area contributed by atoms with Gasteiger partial charge in [-0.25, -0.2) is 9.18 Å². The zero-order valence-electron chi connectivity index (χ0n) is 23.4. The number of rotatable bonds is 8. The standard InChI is InChI=1S/C31H40FN5O3/c1-31(2)25-19-22(32)11-13-27(25)37(29(31)39)24-14-17-36(18-15-24)28(38)26(12-10-21-7-4-3-5-8-21)35-30(40)34-20-23-9-6-16-33-23/h3-5,7-8,11,13,19,23-24,26,33H,6,9-10,12,14-18,20H2,1-2H3,(H2,34,35,40). The Bertz CT molecular complexity index is 1220. The SMILES string of the molecule is CC1(C)C(=O)N(C2CCN(C(=O)C(CCc3ccccc3)NC(=O)NCC3CCCN3)CC2)c2ccc(F)cc21. The van der Waals surface area contributed by atoms with Gasteiger partial charge < -0.3 is 25.8 Å². The maximum atomic E-state index is 14.0. The number of halogens is 1. The Labute approximate surface area is 235 Å². The Balaban J connectivity index is 1.23. The normalized spacial score (nSPS) is 21.3. The topological polar surface area (TPSA) is 93.8 Å². The molecule has 2 fully saturated rings. The lowest BCUT2D eigenvalue weighted by molar-refractivity contribution is -0.134. The van der Waals surface area contributed by atoms with Crippen molar-refractivity contribution in [1.29, 1.82) is 0 Å². The molecule has 9 heteroatoms. The molecule has 2 unspecified atom stereocenters. The van der Waals surface area contributed by atoms with Crippen molar-refractivity contribution in [3.63, 3.8) is 0 Å². The highest BCUT2D eigenvalue weighted by atomic mass is 19.1. The van der Waals surface area contributed by atoms with E-state index in [0.717, 1.165) is 30.6 Å². The number of aryl methyl sites for hydroxylation is 1. The lowest BCUT2D eigenvalue weighted by atomic mass is 9.86. The second-order valence-corrected chi connectivity index (χ2v) is 11.7. The van der Waals surface area contributed by atoms with Crippen molar-refractivity contribution in [2.75, 3.05) is 31.1 Å². The summed E-state index contributed by atoms with van der Waals surface area (Å²) in [7, 11) is 0. The van der Waals surface area contributed by atoms with Crippen molar-refractivity contribution in [2.24, 2.45) is 0 Å². The van der Waals surface area contributed by atoms with E-state index in [2.05, 4.69) is 16.0 Å². The lowest BCUT2D eigenvalue weighted by Crippen LogP contribution is -2.56. The minimum atomic E-state index is -0.793. The van der Waals surface area contributed by atoms with E-state index in [-0.39, 0.29) is 35.7 Å². The fraction of sp³-hybridized carbons (Fsp3) is 0.516. The molecule has 0 radical (unpaired) electrons. The predicted molar refractivity (Wildman–Crippen MR) is 153 cm³/mol. The number of piperidine rings is 1. The van der Waals surface area contributed by atoms with Crippen LogP contribution in [0, 0.1) is 5.82 Å². The quantitative estimate of drug-likeness (QED) is 0.470. The van der Waals surface area contributed by atoms with Gasteiger partial charge in [-0.3, -0.25) is 9.59 Å². The first-order chi connectivity index (χ1) is 19.2. The predicted octanol–water partition coefficient (Wildman–Crippen LogP) is 3.49. The molecule has 3 aliphatic heterocycles. The molecule has 2 atom stereocenters. The number of fused-ring (bicyclic) bond motifs is 1. The molecule has 3 aliphatic rings. The van der Waals surface area contributed by atoms with Gasteiger partial charge in [0.1, 0.15) is 11.9 Å². The minimum absolute atomic E-state index is 0.0336.